The van der Waals surface area contributed by atoms with Crippen molar-refractivity contribution < 1.29 is 4.79 Å². The molecule has 0 fully saturated rings. The molecule has 1 unspecified atom stereocenters. The fourth-order valence-electron chi connectivity index (χ4n) is 1.65. The highest BCUT2D eigenvalue weighted by molar-refractivity contribution is 9.10. The highest BCUT2D eigenvalue weighted by Gasteiger charge is 2.12. The minimum atomic E-state index is -0.154. The lowest BCUT2D eigenvalue weighted by Crippen LogP contribution is -2.27. The van der Waals surface area contributed by atoms with Gasteiger partial charge in [-0.2, -0.15) is 0 Å². The molecule has 1 aromatic carbocycles. The molecule has 0 spiro atoms. The van der Waals surface area contributed by atoms with Crippen LogP contribution in [0.5, 0.6) is 0 Å². The summed E-state index contributed by atoms with van der Waals surface area (Å²) in [4.78, 5) is 16.3. The first-order valence-corrected chi connectivity index (χ1v) is 6.64. The Bertz CT molecular complexity index is 586. The Labute approximate surface area is 120 Å². The molecule has 1 atom stereocenters. The van der Waals surface area contributed by atoms with Gasteiger partial charge in [-0.15, -0.1) is 0 Å². The van der Waals surface area contributed by atoms with Gasteiger partial charge < -0.3 is 11.1 Å². The summed E-state index contributed by atoms with van der Waals surface area (Å²) in [5.41, 5.74) is 7.68. The second-order valence-corrected chi connectivity index (χ2v) is 5.04. The molecule has 0 bridgehead atoms. The van der Waals surface area contributed by atoms with E-state index in [9.17, 15) is 4.79 Å². The molecule has 1 amide bonds. The number of halogens is 1. The molecule has 0 saturated heterocycles. The number of nitrogens with zero attached hydrogens (tertiary/aromatic N) is 1. The molecule has 0 aliphatic rings. The number of nitrogen functional groups attached to an aromatic ring is 1. The van der Waals surface area contributed by atoms with E-state index in [4.69, 9.17) is 5.73 Å². The van der Waals surface area contributed by atoms with E-state index in [0.717, 1.165) is 5.69 Å². The summed E-state index contributed by atoms with van der Waals surface area (Å²) in [7, 11) is 0. The molecular formula is C14H14BrN3O. The predicted octanol–water partition coefficient (Wildman–Crippen LogP) is 2.92. The zero-order valence-electron chi connectivity index (χ0n) is 10.4. The standard InChI is InChI=1S/C14H14BrN3O/c1-9(13-4-2-3-7-17-13)18-14(19)10-5-6-12(16)11(15)8-10/h2-9H,16H2,1H3,(H,18,19). The van der Waals surface area contributed by atoms with E-state index in [1.54, 1.807) is 24.4 Å². The molecule has 0 radical (unpaired) electrons. The van der Waals surface area contributed by atoms with Crippen molar-refractivity contribution in [2.24, 2.45) is 0 Å². The van der Waals surface area contributed by atoms with Gasteiger partial charge in [0.2, 0.25) is 0 Å². The van der Waals surface area contributed by atoms with Crippen LogP contribution in [0.4, 0.5) is 5.69 Å². The van der Waals surface area contributed by atoms with Crippen LogP contribution in [0.25, 0.3) is 0 Å². The van der Waals surface area contributed by atoms with Gasteiger partial charge in [0, 0.05) is 21.9 Å². The third-order valence-electron chi connectivity index (χ3n) is 2.74. The van der Waals surface area contributed by atoms with Gasteiger partial charge in [-0.3, -0.25) is 9.78 Å². The summed E-state index contributed by atoms with van der Waals surface area (Å²) in [6.45, 7) is 1.90. The maximum atomic E-state index is 12.1. The molecule has 0 aliphatic carbocycles. The monoisotopic (exact) mass is 319 g/mol. The van der Waals surface area contributed by atoms with Crippen LogP contribution in [0, 0.1) is 0 Å². The molecule has 1 aromatic heterocycles. The summed E-state index contributed by atoms with van der Waals surface area (Å²) < 4.78 is 0.714. The van der Waals surface area contributed by atoms with Crippen molar-refractivity contribution >= 4 is 27.5 Å². The quantitative estimate of drug-likeness (QED) is 0.855. The summed E-state index contributed by atoms with van der Waals surface area (Å²) in [6.07, 6.45) is 1.71. The number of pyridine rings is 1. The summed E-state index contributed by atoms with van der Waals surface area (Å²) in [6, 6.07) is 10.6. The van der Waals surface area contributed by atoms with Gasteiger partial charge in [-0.1, -0.05) is 6.07 Å². The normalized spacial score (nSPS) is 11.9. The smallest absolute Gasteiger partial charge is 0.251 e. The second-order valence-electron chi connectivity index (χ2n) is 4.19. The second kappa shape index (κ2) is 5.84. The largest absolute Gasteiger partial charge is 0.398 e. The Morgan fingerprint density at radius 3 is 2.79 bits per heavy atom. The van der Waals surface area contributed by atoms with Crippen molar-refractivity contribution in [2.45, 2.75) is 13.0 Å². The van der Waals surface area contributed by atoms with Gasteiger partial charge in [0.25, 0.3) is 5.91 Å². The third-order valence-corrected chi connectivity index (χ3v) is 3.43. The van der Waals surface area contributed by atoms with Crippen molar-refractivity contribution in [2.75, 3.05) is 5.73 Å². The topological polar surface area (TPSA) is 68.0 Å². The summed E-state index contributed by atoms with van der Waals surface area (Å²) in [5, 5.41) is 2.90. The lowest BCUT2D eigenvalue weighted by Gasteiger charge is -2.13. The number of nitrogens with two attached hydrogens (primary N) is 1. The zero-order valence-corrected chi connectivity index (χ0v) is 12.0. The number of nitrogens with one attached hydrogen (secondary N) is 1. The number of hydrogen-bond acceptors (Lipinski definition) is 3. The molecular weight excluding hydrogens is 306 g/mol. The van der Waals surface area contributed by atoms with E-state index in [1.807, 2.05) is 25.1 Å². The van der Waals surface area contributed by atoms with Crippen LogP contribution in [0.1, 0.15) is 29.0 Å². The van der Waals surface area contributed by atoms with Crippen molar-refractivity contribution in [3.8, 4) is 0 Å². The SMILES string of the molecule is CC(NC(=O)c1ccc(N)c(Br)c1)c1ccccn1. The third kappa shape index (κ3) is 3.32. The lowest BCUT2D eigenvalue weighted by atomic mass is 10.1. The maximum Gasteiger partial charge on any atom is 0.251 e. The Morgan fingerprint density at radius 1 is 1.37 bits per heavy atom. The van der Waals surface area contributed by atoms with Crippen LogP contribution in [0.2, 0.25) is 0 Å². The van der Waals surface area contributed by atoms with Gasteiger partial charge in [-0.05, 0) is 53.2 Å². The molecule has 2 rings (SSSR count). The Hall–Kier alpha value is -1.88. The number of rotatable bonds is 3. The van der Waals surface area contributed by atoms with Crippen molar-refractivity contribution in [1.29, 1.82) is 0 Å². The molecule has 0 aliphatic heterocycles. The minimum absolute atomic E-state index is 0.148. The van der Waals surface area contributed by atoms with E-state index in [0.29, 0.717) is 15.7 Å². The van der Waals surface area contributed by atoms with Gasteiger partial charge in [0.05, 0.1) is 11.7 Å². The summed E-state index contributed by atoms with van der Waals surface area (Å²) in [5.74, 6) is -0.154. The van der Waals surface area contributed by atoms with Crippen molar-refractivity contribution in [3.63, 3.8) is 0 Å². The van der Waals surface area contributed by atoms with Crippen LogP contribution in [-0.4, -0.2) is 10.9 Å². The zero-order chi connectivity index (χ0) is 13.8. The molecule has 2 aromatic rings. The highest BCUT2D eigenvalue weighted by Crippen LogP contribution is 2.20. The predicted molar refractivity (Wildman–Crippen MR) is 78.7 cm³/mol. The van der Waals surface area contributed by atoms with E-state index < -0.39 is 0 Å². The number of benzene rings is 1. The van der Waals surface area contributed by atoms with Crippen LogP contribution in [0.3, 0.4) is 0 Å². The highest BCUT2D eigenvalue weighted by atomic mass is 79.9. The molecule has 19 heavy (non-hydrogen) atoms. The van der Waals surface area contributed by atoms with Gasteiger partial charge in [0.1, 0.15) is 0 Å². The van der Waals surface area contributed by atoms with E-state index in [-0.39, 0.29) is 11.9 Å². The van der Waals surface area contributed by atoms with Crippen LogP contribution >= 0.6 is 15.9 Å². The fraction of sp³-hybridized carbons (Fsp3) is 0.143. The Morgan fingerprint density at radius 2 is 2.16 bits per heavy atom. The number of carbonyl (C=O) groups is 1. The molecule has 1 heterocycles. The van der Waals surface area contributed by atoms with Gasteiger partial charge in [-0.25, -0.2) is 0 Å². The molecule has 98 valence electrons. The number of aromatic nitrogens is 1. The van der Waals surface area contributed by atoms with Crippen molar-refractivity contribution in [3.05, 3.63) is 58.3 Å². The average molecular weight is 320 g/mol. The van der Waals surface area contributed by atoms with Crippen molar-refractivity contribution in [1.82, 2.24) is 10.3 Å². The number of anilines is 1. The molecule has 3 N–H and O–H groups in total. The summed E-state index contributed by atoms with van der Waals surface area (Å²) >= 11 is 3.31. The van der Waals surface area contributed by atoms with Crippen LogP contribution in [0.15, 0.2) is 47.1 Å². The minimum Gasteiger partial charge on any atom is -0.398 e. The van der Waals surface area contributed by atoms with E-state index in [2.05, 4.69) is 26.2 Å². The van der Waals surface area contributed by atoms with Gasteiger partial charge in [0.15, 0.2) is 0 Å². The van der Waals surface area contributed by atoms with E-state index >= 15 is 0 Å². The maximum absolute atomic E-state index is 12.1. The van der Waals surface area contributed by atoms with Gasteiger partial charge >= 0.3 is 0 Å². The van der Waals surface area contributed by atoms with E-state index in [1.165, 1.54) is 0 Å². The van der Waals surface area contributed by atoms with Crippen LogP contribution < -0.4 is 11.1 Å². The molecule has 5 heteroatoms. The fourth-order valence-corrected chi connectivity index (χ4v) is 2.03. The average Bonchev–Trinajstić information content (AvgIpc) is 2.42. The number of carbonyl (C=O) groups excluding carboxylic acids is 1. The first kappa shape index (κ1) is 13.5. The Balaban J connectivity index is 2.11. The first-order chi connectivity index (χ1) is 9.08. The van der Waals surface area contributed by atoms with Crippen LogP contribution in [-0.2, 0) is 0 Å². The number of hydrogen-bond donors (Lipinski definition) is 2. The number of amides is 1. The first-order valence-electron chi connectivity index (χ1n) is 5.84. The molecule has 0 saturated carbocycles. The molecule has 4 nitrogen and oxygen atoms in total. The Kier molecular flexibility index (Phi) is 4.16. The lowest BCUT2D eigenvalue weighted by molar-refractivity contribution is 0.0939.